The molecule has 0 aliphatic carbocycles. The normalized spacial score (nSPS) is 11.0. The number of halogens is 2. The molecular formula is C18H21Cl2NO. The number of hydrogen-bond donors (Lipinski definition) is 0. The highest BCUT2D eigenvalue weighted by atomic mass is 35.5. The van der Waals surface area contributed by atoms with Gasteiger partial charge in [-0.15, -0.1) is 0 Å². The summed E-state index contributed by atoms with van der Waals surface area (Å²) in [6.45, 7) is 1.60. The number of likely N-dealkylation sites (N-methyl/N-ethyl adjacent to an activating group) is 1. The van der Waals surface area contributed by atoms with Crippen LogP contribution in [0.15, 0.2) is 42.5 Å². The van der Waals surface area contributed by atoms with E-state index in [2.05, 4.69) is 11.0 Å². The second-order valence-corrected chi connectivity index (χ2v) is 6.32. The molecule has 0 aromatic heterocycles. The van der Waals surface area contributed by atoms with Crippen LogP contribution < -0.4 is 4.74 Å². The van der Waals surface area contributed by atoms with Gasteiger partial charge in [-0.3, -0.25) is 0 Å². The van der Waals surface area contributed by atoms with Crippen LogP contribution in [0, 0.1) is 0 Å². The lowest BCUT2D eigenvalue weighted by atomic mass is 10.0. The Morgan fingerprint density at radius 1 is 0.955 bits per heavy atom. The van der Waals surface area contributed by atoms with Crippen molar-refractivity contribution in [2.24, 2.45) is 0 Å². The van der Waals surface area contributed by atoms with Crippen LogP contribution in [0.5, 0.6) is 5.75 Å². The monoisotopic (exact) mass is 337 g/mol. The summed E-state index contributed by atoms with van der Waals surface area (Å²) in [6.07, 6.45) is 1.82. The Kier molecular flexibility index (Phi) is 6.56. The van der Waals surface area contributed by atoms with Gasteiger partial charge >= 0.3 is 0 Å². The van der Waals surface area contributed by atoms with Crippen molar-refractivity contribution in [1.29, 1.82) is 0 Å². The summed E-state index contributed by atoms with van der Waals surface area (Å²) in [4.78, 5) is 2.11. The van der Waals surface area contributed by atoms with E-state index in [0.29, 0.717) is 16.7 Å². The number of ether oxygens (including phenoxy) is 1. The minimum absolute atomic E-state index is 0.595. The summed E-state index contributed by atoms with van der Waals surface area (Å²) in [5.74, 6) is 0.962. The third-order valence-corrected chi connectivity index (χ3v) is 4.17. The topological polar surface area (TPSA) is 12.5 Å². The fourth-order valence-electron chi connectivity index (χ4n) is 2.16. The van der Waals surface area contributed by atoms with Crippen LogP contribution in [0.3, 0.4) is 0 Å². The lowest BCUT2D eigenvalue weighted by Crippen LogP contribution is -2.19. The van der Waals surface area contributed by atoms with Gasteiger partial charge in [-0.1, -0.05) is 47.5 Å². The molecular weight excluding hydrogens is 317 g/mol. The molecule has 0 fully saturated rings. The van der Waals surface area contributed by atoms with Gasteiger partial charge in [0.05, 0.1) is 10.0 Å². The summed E-state index contributed by atoms with van der Waals surface area (Å²) >= 11 is 12.0. The van der Waals surface area contributed by atoms with Gasteiger partial charge in [0.15, 0.2) is 0 Å². The second-order valence-electron chi connectivity index (χ2n) is 5.51. The van der Waals surface area contributed by atoms with Crippen LogP contribution in [0.25, 0.3) is 0 Å². The second kappa shape index (κ2) is 8.42. The largest absolute Gasteiger partial charge is 0.492 e. The highest BCUT2D eigenvalue weighted by Gasteiger charge is 2.05. The summed E-state index contributed by atoms with van der Waals surface area (Å²) in [6, 6.07) is 14.0. The van der Waals surface area contributed by atoms with Crippen LogP contribution in [0.2, 0.25) is 10.0 Å². The zero-order valence-electron chi connectivity index (χ0n) is 13.0. The molecule has 4 heteroatoms. The van der Waals surface area contributed by atoms with E-state index in [-0.39, 0.29) is 0 Å². The Morgan fingerprint density at radius 2 is 1.73 bits per heavy atom. The Bertz CT molecular complexity index is 614. The third kappa shape index (κ3) is 5.20. The standard InChI is InChI=1S/C18H21Cl2NO/c1-21(2)11-12-22-18-6-4-3-5-15(18)9-7-14-8-10-16(19)17(20)13-14/h3-6,8,10,13H,7,9,11-12H2,1-2H3. The van der Waals surface area contributed by atoms with Gasteiger partial charge in [0.2, 0.25) is 0 Å². The zero-order chi connectivity index (χ0) is 15.9. The summed E-state index contributed by atoms with van der Waals surface area (Å²) in [5, 5.41) is 1.20. The molecule has 0 spiro atoms. The van der Waals surface area contributed by atoms with E-state index in [1.165, 1.54) is 11.1 Å². The molecule has 0 amide bonds. The number of para-hydroxylation sites is 1. The first-order valence-corrected chi connectivity index (χ1v) is 8.11. The Balaban J connectivity index is 1.98. The van der Waals surface area contributed by atoms with Gasteiger partial charge < -0.3 is 9.64 Å². The van der Waals surface area contributed by atoms with Crippen molar-refractivity contribution in [1.82, 2.24) is 4.90 Å². The third-order valence-electron chi connectivity index (χ3n) is 3.44. The van der Waals surface area contributed by atoms with Crippen molar-refractivity contribution in [2.45, 2.75) is 12.8 Å². The van der Waals surface area contributed by atoms with E-state index >= 15 is 0 Å². The van der Waals surface area contributed by atoms with Gasteiger partial charge in [-0.25, -0.2) is 0 Å². The van der Waals surface area contributed by atoms with Gasteiger partial charge in [0.25, 0.3) is 0 Å². The predicted molar refractivity (Wildman–Crippen MR) is 94.4 cm³/mol. The van der Waals surface area contributed by atoms with Crippen LogP contribution in [0.1, 0.15) is 11.1 Å². The first-order chi connectivity index (χ1) is 10.6. The molecule has 2 aromatic rings. The molecule has 0 aliphatic rings. The SMILES string of the molecule is CN(C)CCOc1ccccc1CCc1ccc(Cl)c(Cl)c1. The molecule has 22 heavy (non-hydrogen) atoms. The van der Waals surface area contributed by atoms with E-state index in [4.69, 9.17) is 27.9 Å². The number of hydrogen-bond acceptors (Lipinski definition) is 2. The first-order valence-electron chi connectivity index (χ1n) is 7.35. The molecule has 118 valence electrons. The summed E-state index contributed by atoms with van der Waals surface area (Å²) in [7, 11) is 4.08. The number of benzene rings is 2. The van der Waals surface area contributed by atoms with Gasteiger partial charge in [-0.2, -0.15) is 0 Å². The minimum atomic E-state index is 0.595. The molecule has 0 aliphatic heterocycles. The molecule has 0 atom stereocenters. The average Bonchev–Trinajstić information content (AvgIpc) is 2.49. The van der Waals surface area contributed by atoms with Crippen molar-refractivity contribution >= 4 is 23.2 Å². The first kappa shape index (κ1) is 17.1. The maximum Gasteiger partial charge on any atom is 0.122 e. The van der Waals surface area contributed by atoms with E-state index < -0.39 is 0 Å². The van der Waals surface area contributed by atoms with Gasteiger partial charge in [0.1, 0.15) is 12.4 Å². The van der Waals surface area contributed by atoms with Crippen molar-refractivity contribution in [3.63, 3.8) is 0 Å². The van der Waals surface area contributed by atoms with Gasteiger partial charge in [0, 0.05) is 6.54 Å². The molecule has 0 radical (unpaired) electrons. The van der Waals surface area contributed by atoms with Gasteiger partial charge in [-0.05, 0) is 56.3 Å². The number of rotatable bonds is 7. The molecule has 0 unspecified atom stereocenters. The van der Waals surface area contributed by atoms with Crippen LogP contribution in [-0.4, -0.2) is 32.1 Å². The number of aryl methyl sites for hydroxylation is 2. The fraction of sp³-hybridized carbons (Fsp3) is 0.333. The molecule has 2 aromatic carbocycles. The lowest BCUT2D eigenvalue weighted by Gasteiger charge is -2.14. The van der Waals surface area contributed by atoms with E-state index in [9.17, 15) is 0 Å². The minimum Gasteiger partial charge on any atom is -0.492 e. The molecule has 2 nitrogen and oxygen atoms in total. The zero-order valence-corrected chi connectivity index (χ0v) is 14.5. The van der Waals surface area contributed by atoms with Crippen molar-refractivity contribution in [3.05, 3.63) is 63.6 Å². The predicted octanol–water partition coefficient (Wildman–Crippen LogP) is 4.72. The summed E-state index contributed by atoms with van der Waals surface area (Å²) < 4.78 is 5.89. The fourth-order valence-corrected chi connectivity index (χ4v) is 2.48. The molecule has 0 saturated heterocycles. The highest BCUT2D eigenvalue weighted by Crippen LogP contribution is 2.25. The molecule has 0 saturated carbocycles. The highest BCUT2D eigenvalue weighted by molar-refractivity contribution is 6.42. The van der Waals surface area contributed by atoms with E-state index in [1.807, 2.05) is 50.5 Å². The van der Waals surface area contributed by atoms with Crippen LogP contribution in [-0.2, 0) is 12.8 Å². The Morgan fingerprint density at radius 3 is 2.45 bits per heavy atom. The average molecular weight is 338 g/mol. The Hall–Kier alpha value is -1.22. The van der Waals surface area contributed by atoms with E-state index in [0.717, 1.165) is 25.1 Å². The van der Waals surface area contributed by atoms with E-state index in [1.54, 1.807) is 0 Å². The van der Waals surface area contributed by atoms with Crippen molar-refractivity contribution in [2.75, 3.05) is 27.2 Å². The maximum atomic E-state index is 6.06. The quantitative estimate of drug-likeness (QED) is 0.724. The van der Waals surface area contributed by atoms with Crippen LogP contribution in [0.4, 0.5) is 0 Å². The Labute approximate surface area is 142 Å². The van der Waals surface area contributed by atoms with Crippen LogP contribution >= 0.6 is 23.2 Å². The molecule has 2 rings (SSSR count). The van der Waals surface area contributed by atoms with Crippen molar-refractivity contribution in [3.8, 4) is 5.75 Å². The lowest BCUT2D eigenvalue weighted by molar-refractivity contribution is 0.259. The molecule has 0 N–H and O–H groups in total. The maximum absolute atomic E-state index is 6.06. The smallest absolute Gasteiger partial charge is 0.122 e. The number of nitrogens with zero attached hydrogens (tertiary/aromatic N) is 1. The summed E-state index contributed by atoms with van der Waals surface area (Å²) in [5.41, 5.74) is 2.39. The van der Waals surface area contributed by atoms with Crippen molar-refractivity contribution < 1.29 is 4.74 Å². The molecule has 0 heterocycles. The molecule has 0 bridgehead atoms.